The van der Waals surface area contributed by atoms with Crippen LogP contribution in [-0.2, 0) is 4.79 Å². The summed E-state index contributed by atoms with van der Waals surface area (Å²) in [5.41, 5.74) is 1.09. The zero-order valence-corrected chi connectivity index (χ0v) is 15.7. The first-order chi connectivity index (χ1) is 13.7. The second-order valence-electron chi connectivity index (χ2n) is 7.08. The number of nitrogens with zero attached hydrogens (tertiary/aromatic N) is 2. The highest BCUT2D eigenvalue weighted by atomic mass is 16.6. The van der Waals surface area contributed by atoms with Gasteiger partial charge in [0, 0.05) is 31.9 Å². The van der Waals surface area contributed by atoms with Crippen molar-refractivity contribution in [2.24, 2.45) is 0 Å². The van der Waals surface area contributed by atoms with Crippen molar-refractivity contribution in [2.75, 3.05) is 50.8 Å². The van der Waals surface area contributed by atoms with Gasteiger partial charge in [-0.3, -0.25) is 9.69 Å². The molecule has 7 nitrogen and oxygen atoms in total. The number of ether oxygens (including phenoxy) is 2. The lowest BCUT2D eigenvalue weighted by molar-refractivity contribution is -0.122. The number of amides is 1. The van der Waals surface area contributed by atoms with Gasteiger partial charge in [-0.15, -0.1) is 0 Å². The van der Waals surface area contributed by atoms with Crippen LogP contribution >= 0.6 is 0 Å². The molecule has 0 saturated carbocycles. The fraction of sp³-hybridized carbons (Fsp3) is 0.381. The monoisotopic (exact) mass is 383 g/mol. The number of carbonyl (C=O) groups excluding carboxylic acids is 1. The van der Waals surface area contributed by atoms with Gasteiger partial charge < -0.3 is 24.8 Å². The topological polar surface area (TPSA) is 74.3 Å². The number of benzene rings is 2. The van der Waals surface area contributed by atoms with Crippen molar-refractivity contribution < 1.29 is 19.4 Å². The third-order valence-corrected chi connectivity index (χ3v) is 5.05. The van der Waals surface area contributed by atoms with E-state index < -0.39 is 0 Å². The first-order valence-corrected chi connectivity index (χ1v) is 9.59. The van der Waals surface area contributed by atoms with E-state index in [0.717, 1.165) is 43.4 Å². The normalized spacial score (nSPS) is 19.3. The molecule has 0 bridgehead atoms. The van der Waals surface area contributed by atoms with E-state index in [-0.39, 0.29) is 17.8 Å². The van der Waals surface area contributed by atoms with E-state index in [4.69, 9.17) is 9.47 Å². The number of hydrogen-bond donors (Lipinski definition) is 2. The van der Waals surface area contributed by atoms with Gasteiger partial charge in [0.05, 0.1) is 13.1 Å². The highest BCUT2D eigenvalue weighted by Crippen LogP contribution is 2.30. The molecule has 1 amide bonds. The summed E-state index contributed by atoms with van der Waals surface area (Å²) >= 11 is 0. The van der Waals surface area contributed by atoms with Crippen LogP contribution in [0.4, 0.5) is 5.69 Å². The molecular formula is C21H25N3O4. The molecule has 2 aliphatic rings. The molecule has 2 N–H and O–H groups in total. The highest BCUT2D eigenvalue weighted by molar-refractivity contribution is 5.78. The minimum absolute atomic E-state index is 0.000502. The van der Waals surface area contributed by atoms with E-state index in [1.807, 2.05) is 36.4 Å². The Labute approximate surface area is 164 Å². The van der Waals surface area contributed by atoms with Gasteiger partial charge in [0.2, 0.25) is 5.91 Å². The zero-order valence-electron chi connectivity index (χ0n) is 15.7. The second kappa shape index (κ2) is 8.39. The second-order valence-corrected chi connectivity index (χ2v) is 7.08. The van der Waals surface area contributed by atoms with Gasteiger partial charge in [-0.25, -0.2) is 0 Å². The molecule has 1 saturated heterocycles. The predicted octanol–water partition coefficient (Wildman–Crippen LogP) is 1.47. The quantitative estimate of drug-likeness (QED) is 0.815. The lowest BCUT2D eigenvalue weighted by Crippen LogP contribution is -2.50. The number of carbonyl (C=O) groups is 1. The Balaban J connectivity index is 1.19. The van der Waals surface area contributed by atoms with Crippen molar-refractivity contribution in [3.8, 4) is 17.2 Å². The van der Waals surface area contributed by atoms with Gasteiger partial charge >= 0.3 is 0 Å². The lowest BCUT2D eigenvalue weighted by Gasteiger charge is -2.35. The number of piperazine rings is 1. The number of anilines is 1. The molecule has 148 valence electrons. The Kier molecular flexibility index (Phi) is 5.53. The SMILES string of the molecule is O=C(CN1CCN(c2ccc(O)cc2)CC1)NC[C@H]1COc2ccccc2O1. The molecule has 1 fully saturated rings. The van der Waals surface area contributed by atoms with Crippen molar-refractivity contribution in [2.45, 2.75) is 6.10 Å². The fourth-order valence-corrected chi connectivity index (χ4v) is 3.48. The maximum atomic E-state index is 12.3. The first-order valence-electron chi connectivity index (χ1n) is 9.59. The number of phenolic OH excluding ortho intramolecular Hbond substituents is 1. The van der Waals surface area contributed by atoms with Crippen molar-refractivity contribution in [3.63, 3.8) is 0 Å². The van der Waals surface area contributed by atoms with Gasteiger partial charge in [-0.05, 0) is 36.4 Å². The summed E-state index contributed by atoms with van der Waals surface area (Å²) in [5, 5.41) is 12.4. The van der Waals surface area contributed by atoms with Gasteiger partial charge in [0.25, 0.3) is 0 Å². The minimum atomic E-state index is -0.176. The van der Waals surface area contributed by atoms with E-state index >= 15 is 0 Å². The molecule has 0 radical (unpaired) electrons. The van der Waals surface area contributed by atoms with Gasteiger partial charge in [-0.1, -0.05) is 12.1 Å². The third kappa shape index (κ3) is 4.48. The van der Waals surface area contributed by atoms with E-state index in [9.17, 15) is 9.90 Å². The Morgan fingerprint density at radius 1 is 1.04 bits per heavy atom. The summed E-state index contributed by atoms with van der Waals surface area (Å²) in [6.45, 7) is 4.61. The Hall–Kier alpha value is -2.93. The van der Waals surface area contributed by atoms with E-state index in [1.165, 1.54) is 0 Å². The molecule has 0 unspecified atom stereocenters. The molecule has 1 atom stereocenters. The van der Waals surface area contributed by atoms with E-state index in [0.29, 0.717) is 19.7 Å². The fourth-order valence-electron chi connectivity index (χ4n) is 3.48. The summed E-state index contributed by atoms with van der Waals surface area (Å²) < 4.78 is 11.5. The molecule has 2 aliphatic heterocycles. The number of nitrogens with one attached hydrogen (secondary N) is 1. The maximum absolute atomic E-state index is 12.3. The molecule has 2 heterocycles. The largest absolute Gasteiger partial charge is 0.508 e. The van der Waals surface area contributed by atoms with Gasteiger partial charge in [-0.2, -0.15) is 0 Å². The average Bonchev–Trinajstić information content (AvgIpc) is 2.73. The molecule has 28 heavy (non-hydrogen) atoms. The smallest absolute Gasteiger partial charge is 0.234 e. The lowest BCUT2D eigenvalue weighted by atomic mass is 10.2. The van der Waals surface area contributed by atoms with Crippen LogP contribution in [0.2, 0.25) is 0 Å². The summed E-state index contributed by atoms with van der Waals surface area (Å²) in [6.07, 6.45) is -0.176. The Morgan fingerprint density at radius 2 is 1.75 bits per heavy atom. The van der Waals surface area contributed by atoms with E-state index in [1.54, 1.807) is 12.1 Å². The number of phenols is 1. The summed E-state index contributed by atoms with van der Waals surface area (Å²) in [6, 6.07) is 14.8. The molecule has 0 aromatic heterocycles. The van der Waals surface area contributed by atoms with Crippen LogP contribution in [0.25, 0.3) is 0 Å². The number of rotatable bonds is 5. The van der Waals surface area contributed by atoms with Gasteiger partial charge in [0.15, 0.2) is 11.5 Å². The number of fused-ring (bicyclic) bond motifs is 1. The van der Waals surface area contributed by atoms with Crippen LogP contribution in [0.1, 0.15) is 0 Å². The summed E-state index contributed by atoms with van der Waals surface area (Å²) in [7, 11) is 0. The van der Waals surface area contributed by atoms with Crippen LogP contribution in [-0.4, -0.2) is 67.9 Å². The molecule has 2 aromatic carbocycles. The Morgan fingerprint density at radius 3 is 2.50 bits per heavy atom. The number of aromatic hydroxyl groups is 1. The molecule has 7 heteroatoms. The van der Waals surface area contributed by atoms with Crippen molar-refractivity contribution >= 4 is 11.6 Å². The standard InChI is InChI=1S/C21H25N3O4/c25-17-7-5-16(6-8-17)24-11-9-23(10-12-24)14-21(26)22-13-18-15-27-19-3-1-2-4-20(19)28-18/h1-8,18,25H,9-15H2,(H,22,26)/t18-/m0/s1. The Bertz CT molecular complexity index is 804. The van der Waals surface area contributed by atoms with Crippen LogP contribution < -0.4 is 19.7 Å². The maximum Gasteiger partial charge on any atom is 0.234 e. The third-order valence-electron chi connectivity index (χ3n) is 5.05. The number of para-hydroxylation sites is 2. The van der Waals surface area contributed by atoms with Crippen molar-refractivity contribution in [1.82, 2.24) is 10.2 Å². The summed E-state index contributed by atoms with van der Waals surface area (Å²) in [4.78, 5) is 16.7. The van der Waals surface area contributed by atoms with Crippen LogP contribution in [0.15, 0.2) is 48.5 Å². The van der Waals surface area contributed by atoms with Crippen LogP contribution in [0.5, 0.6) is 17.2 Å². The first kappa shape index (κ1) is 18.4. The summed E-state index contributed by atoms with van der Waals surface area (Å²) in [5.74, 6) is 1.74. The zero-order chi connectivity index (χ0) is 19.3. The molecular weight excluding hydrogens is 358 g/mol. The van der Waals surface area contributed by atoms with Crippen LogP contribution in [0, 0.1) is 0 Å². The number of hydrogen-bond acceptors (Lipinski definition) is 6. The van der Waals surface area contributed by atoms with E-state index in [2.05, 4.69) is 15.1 Å². The average molecular weight is 383 g/mol. The molecule has 4 rings (SSSR count). The molecule has 0 aliphatic carbocycles. The van der Waals surface area contributed by atoms with Crippen molar-refractivity contribution in [3.05, 3.63) is 48.5 Å². The van der Waals surface area contributed by atoms with Gasteiger partial charge in [0.1, 0.15) is 18.5 Å². The minimum Gasteiger partial charge on any atom is -0.508 e. The molecule has 2 aromatic rings. The highest BCUT2D eigenvalue weighted by Gasteiger charge is 2.23. The molecule has 0 spiro atoms. The van der Waals surface area contributed by atoms with Crippen molar-refractivity contribution in [1.29, 1.82) is 0 Å². The predicted molar refractivity (Wildman–Crippen MR) is 106 cm³/mol. The van der Waals surface area contributed by atoms with Crippen LogP contribution in [0.3, 0.4) is 0 Å².